The lowest BCUT2D eigenvalue weighted by atomic mass is 9.96. The largest absolute Gasteiger partial charge is 0.368 e. The Labute approximate surface area is 52.1 Å². The highest BCUT2D eigenvalue weighted by Gasteiger charge is 2.18. The van der Waals surface area contributed by atoms with E-state index in [0.29, 0.717) is 0 Å². The highest BCUT2D eigenvalue weighted by Crippen LogP contribution is 2.15. The summed E-state index contributed by atoms with van der Waals surface area (Å²) in [6, 6.07) is 0. The molecule has 0 aliphatic heterocycles. The smallest absolute Gasteiger partial charge is 0.156 e. The Morgan fingerprint density at radius 1 is 1.12 bits per heavy atom. The molecular weight excluding hydrogens is 103 g/mol. The van der Waals surface area contributed by atoms with Crippen molar-refractivity contribution >= 4 is 8.41 Å². The van der Waals surface area contributed by atoms with Gasteiger partial charge in [-0.25, -0.2) is 0 Å². The Morgan fingerprint density at radius 2 is 1.25 bits per heavy atom. The lowest BCUT2D eigenvalue weighted by Gasteiger charge is -2.19. The molecule has 3 radical (unpaired) electrons. The van der Waals surface area contributed by atoms with Crippen LogP contribution in [0.5, 0.6) is 0 Å². The second-order valence-electron chi connectivity index (χ2n) is 2.74. The van der Waals surface area contributed by atoms with Crippen LogP contribution in [0.4, 0.5) is 0 Å². The molecule has 0 aliphatic rings. The molecule has 0 saturated heterocycles. The van der Waals surface area contributed by atoms with Crippen molar-refractivity contribution in [2.45, 2.75) is 27.1 Å². The van der Waals surface area contributed by atoms with Crippen LogP contribution in [0.25, 0.3) is 0 Å². The van der Waals surface area contributed by atoms with Crippen molar-refractivity contribution in [1.82, 2.24) is 0 Å². The van der Waals surface area contributed by atoms with Crippen LogP contribution in [0.3, 0.4) is 0 Å². The topological polar surface area (TPSA) is 40.5 Å². The van der Waals surface area contributed by atoms with Gasteiger partial charge in [-0.3, -0.25) is 0 Å². The Kier molecular flexibility index (Phi) is 4.21. The van der Waals surface area contributed by atoms with Gasteiger partial charge in [0.2, 0.25) is 0 Å². The van der Waals surface area contributed by atoms with Gasteiger partial charge in [-0.1, -0.05) is 20.8 Å². The molecule has 2 nitrogen and oxygen atoms in total. The van der Waals surface area contributed by atoms with Gasteiger partial charge in [-0.2, -0.15) is 0 Å². The van der Waals surface area contributed by atoms with Gasteiger partial charge in [0.15, 0.2) is 6.29 Å². The molecule has 0 rings (SSSR count). The van der Waals surface area contributed by atoms with Gasteiger partial charge in [-0.05, 0) is 0 Å². The maximum absolute atomic E-state index is 8.44. The van der Waals surface area contributed by atoms with E-state index < -0.39 is 6.29 Å². The third-order valence-electron chi connectivity index (χ3n) is 0.775. The van der Waals surface area contributed by atoms with Crippen molar-refractivity contribution in [3.05, 3.63) is 0 Å². The molecule has 0 unspecified atom stereocenters. The first-order valence-corrected chi connectivity index (χ1v) is 2.31. The van der Waals surface area contributed by atoms with Crippen molar-refractivity contribution < 1.29 is 10.2 Å². The van der Waals surface area contributed by atoms with Crippen molar-refractivity contribution in [1.29, 1.82) is 0 Å². The summed E-state index contributed by atoms with van der Waals surface area (Å²) in [4.78, 5) is 0. The number of aliphatic hydroxyl groups excluding tert-OH is 1. The van der Waals surface area contributed by atoms with Crippen molar-refractivity contribution in [3.8, 4) is 0 Å². The lowest BCUT2D eigenvalue weighted by Crippen LogP contribution is -2.24. The van der Waals surface area contributed by atoms with E-state index in [1.54, 1.807) is 20.8 Å². The van der Waals surface area contributed by atoms with Gasteiger partial charge in [0.25, 0.3) is 0 Å². The molecule has 47 valence electrons. The predicted molar refractivity (Wildman–Crippen MR) is 33.4 cm³/mol. The van der Waals surface area contributed by atoms with Crippen LogP contribution in [0.15, 0.2) is 0 Å². The molecule has 0 aromatic carbocycles. The van der Waals surface area contributed by atoms with Crippen LogP contribution in [0, 0.1) is 5.41 Å². The average Bonchev–Trinajstić information content (AvgIpc) is 1.31. The zero-order valence-corrected chi connectivity index (χ0v) is 5.55. The van der Waals surface area contributed by atoms with E-state index in [-0.39, 0.29) is 13.8 Å². The lowest BCUT2D eigenvalue weighted by molar-refractivity contribution is -0.113. The van der Waals surface area contributed by atoms with Crippen molar-refractivity contribution in [2.24, 2.45) is 5.41 Å². The predicted octanol–water partition coefficient (Wildman–Crippen LogP) is -0.0376. The van der Waals surface area contributed by atoms with E-state index in [1.165, 1.54) is 0 Å². The minimum absolute atomic E-state index is 0. The summed E-state index contributed by atoms with van der Waals surface area (Å²) in [5.74, 6) is 0. The number of hydrogen-bond acceptors (Lipinski definition) is 2. The average molecular weight is 115 g/mol. The van der Waals surface area contributed by atoms with E-state index >= 15 is 0 Å². The molecule has 0 spiro atoms. The molecule has 2 N–H and O–H groups in total. The molecule has 8 heavy (non-hydrogen) atoms. The first-order valence-electron chi connectivity index (χ1n) is 2.31. The fourth-order valence-electron chi connectivity index (χ4n) is 0. The van der Waals surface area contributed by atoms with Crippen LogP contribution in [-0.2, 0) is 0 Å². The molecule has 0 aromatic heterocycles. The highest BCUT2D eigenvalue weighted by atomic mass is 16.5. The summed E-state index contributed by atoms with van der Waals surface area (Å²) >= 11 is 0. The second kappa shape index (κ2) is 3.10. The molecule has 0 heterocycles. The Balaban J connectivity index is 0. The standard InChI is InChI=1S/C5H12O2.B/c1-5(2,3)4(6)7;/h4,6-7H,1-3H3;. The van der Waals surface area contributed by atoms with Gasteiger partial charge in [-0.15, -0.1) is 0 Å². The van der Waals surface area contributed by atoms with Crippen LogP contribution >= 0.6 is 0 Å². The van der Waals surface area contributed by atoms with Gasteiger partial charge in [0, 0.05) is 13.8 Å². The van der Waals surface area contributed by atoms with E-state index in [9.17, 15) is 0 Å². The van der Waals surface area contributed by atoms with Gasteiger partial charge in [0.1, 0.15) is 0 Å². The zero-order valence-electron chi connectivity index (χ0n) is 5.55. The molecule has 0 fully saturated rings. The monoisotopic (exact) mass is 115 g/mol. The molecule has 3 heteroatoms. The summed E-state index contributed by atoms with van der Waals surface area (Å²) in [6.45, 7) is 5.28. The molecule has 0 amide bonds. The van der Waals surface area contributed by atoms with E-state index in [4.69, 9.17) is 10.2 Å². The molecule has 0 saturated carbocycles. The van der Waals surface area contributed by atoms with Crippen LogP contribution < -0.4 is 0 Å². The summed E-state index contributed by atoms with van der Waals surface area (Å²) in [5.41, 5.74) is -0.389. The summed E-state index contributed by atoms with van der Waals surface area (Å²) < 4.78 is 0. The molecule has 0 bridgehead atoms. The zero-order chi connectivity index (χ0) is 6.08. The minimum atomic E-state index is -1.20. The molecule has 0 aromatic rings. The Bertz CT molecular complexity index is 55.9. The van der Waals surface area contributed by atoms with Crippen molar-refractivity contribution in [2.75, 3.05) is 0 Å². The SMILES string of the molecule is CC(C)(C)C(O)O.[B]. The second-order valence-corrected chi connectivity index (χ2v) is 2.74. The van der Waals surface area contributed by atoms with Gasteiger partial charge < -0.3 is 10.2 Å². The Morgan fingerprint density at radius 3 is 1.25 bits per heavy atom. The molecule has 0 atom stereocenters. The Hall–Kier alpha value is -0.0151. The minimum Gasteiger partial charge on any atom is -0.368 e. The quantitative estimate of drug-likeness (QED) is 0.343. The van der Waals surface area contributed by atoms with Crippen LogP contribution in [0.2, 0.25) is 0 Å². The number of aliphatic hydroxyl groups is 2. The summed E-state index contributed by atoms with van der Waals surface area (Å²) in [6.07, 6.45) is -1.20. The fraction of sp³-hybridized carbons (Fsp3) is 1.00. The highest BCUT2D eigenvalue weighted by molar-refractivity contribution is 5.75. The van der Waals surface area contributed by atoms with Crippen molar-refractivity contribution in [3.63, 3.8) is 0 Å². The van der Waals surface area contributed by atoms with E-state index in [1.807, 2.05) is 0 Å². The molecular formula is C5H12BO2. The fourth-order valence-corrected chi connectivity index (χ4v) is 0. The maximum atomic E-state index is 8.44. The first-order chi connectivity index (χ1) is 2.94. The third-order valence-corrected chi connectivity index (χ3v) is 0.775. The third kappa shape index (κ3) is 4.15. The van der Waals surface area contributed by atoms with E-state index in [0.717, 1.165) is 0 Å². The van der Waals surface area contributed by atoms with Gasteiger partial charge in [0.05, 0.1) is 0 Å². The molecule has 0 aliphatic carbocycles. The van der Waals surface area contributed by atoms with Gasteiger partial charge >= 0.3 is 0 Å². The number of hydrogen-bond donors (Lipinski definition) is 2. The number of rotatable bonds is 0. The van der Waals surface area contributed by atoms with E-state index in [2.05, 4.69) is 0 Å². The summed E-state index contributed by atoms with van der Waals surface area (Å²) in [5, 5.41) is 16.9. The van der Waals surface area contributed by atoms with Crippen LogP contribution in [0.1, 0.15) is 20.8 Å². The summed E-state index contributed by atoms with van der Waals surface area (Å²) in [7, 11) is 0. The normalized spacial score (nSPS) is 11.2. The van der Waals surface area contributed by atoms with Crippen LogP contribution in [-0.4, -0.2) is 24.9 Å². The maximum Gasteiger partial charge on any atom is 0.156 e. The first kappa shape index (κ1) is 10.9.